The maximum absolute atomic E-state index is 14.1. The molecule has 3 aromatic carbocycles. The first-order valence-corrected chi connectivity index (χ1v) is 12.9. The third kappa shape index (κ3) is 4.72. The van der Waals surface area contributed by atoms with E-state index in [1.54, 1.807) is 17.9 Å². The Hall–Kier alpha value is -4.26. The number of nitrogens with zero attached hydrogens (tertiary/aromatic N) is 3. The van der Waals surface area contributed by atoms with Crippen molar-refractivity contribution in [3.05, 3.63) is 117 Å². The number of aryl methyl sites for hydroxylation is 1. The number of amides is 1. The Labute approximate surface area is 221 Å². The lowest BCUT2D eigenvalue weighted by molar-refractivity contribution is 0.0784. The van der Waals surface area contributed by atoms with Gasteiger partial charge in [-0.25, -0.2) is 4.39 Å². The van der Waals surface area contributed by atoms with Crippen LogP contribution in [-0.2, 0) is 0 Å². The summed E-state index contributed by atoms with van der Waals surface area (Å²) in [4.78, 5) is 33.8. The molecule has 0 aliphatic carbocycles. The predicted molar refractivity (Wildman–Crippen MR) is 145 cm³/mol. The molecule has 1 aliphatic rings. The second kappa shape index (κ2) is 10.6. The van der Waals surface area contributed by atoms with Gasteiger partial charge in [0.15, 0.2) is 5.56 Å². The van der Waals surface area contributed by atoms with E-state index in [0.29, 0.717) is 30.6 Å². The van der Waals surface area contributed by atoms with Crippen molar-refractivity contribution in [2.45, 2.75) is 38.6 Å². The smallest absolute Gasteiger partial charge is 0.271 e. The summed E-state index contributed by atoms with van der Waals surface area (Å²) < 4.78 is 15.5. The number of hydrogen-bond donors (Lipinski definition) is 1. The number of halogens is 1. The van der Waals surface area contributed by atoms with Gasteiger partial charge in [0.2, 0.25) is 5.88 Å². The molecule has 0 radical (unpaired) electrons. The molecule has 1 aliphatic heterocycles. The minimum Gasteiger partial charge on any atom is -0.493 e. The molecule has 5 rings (SSSR count). The van der Waals surface area contributed by atoms with Crippen molar-refractivity contribution in [1.29, 1.82) is 0 Å². The first kappa shape index (κ1) is 25.4. The Balaban J connectivity index is 1.62. The Bertz CT molecular complexity index is 1520. The van der Waals surface area contributed by atoms with Gasteiger partial charge in [-0.2, -0.15) is 4.98 Å². The quantitative estimate of drug-likeness (QED) is 0.361. The zero-order chi connectivity index (χ0) is 26.8. The lowest BCUT2D eigenvalue weighted by Crippen LogP contribution is -2.38. The van der Waals surface area contributed by atoms with E-state index in [4.69, 9.17) is 0 Å². The molecule has 1 aromatic heterocycles. The van der Waals surface area contributed by atoms with E-state index in [0.717, 1.165) is 17.5 Å². The second-order valence-corrected chi connectivity index (χ2v) is 9.76. The molecule has 194 valence electrons. The highest BCUT2D eigenvalue weighted by atomic mass is 19.1. The number of carbonyl (C=O) groups is 1. The molecular weight excluding hydrogens is 481 g/mol. The van der Waals surface area contributed by atoms with Gasteiger partial charge in [0.1, 0.15) is 11.6 Å². The van der Waals surface area contributed by atoms with Gasteiger partial charge in [-0.3, -0.25) is 14.2 Å². The Morgan fingerprint density at radius 1 is 1.08 bits per heavy atom. The van der Waals surface area contributed by atoms with E-state index in [1.807, 2.05) is 67.6 Å². The molecule has 2 atom stereocenters. The number of aromatic hydroxyl groups is 1. The van der Waals surface area contributed by atoms with E-state index < -0.39 is 23.4 Å². The van der Waals surface area contributed by atoms with Crippen molar-refractivity contribution in [2.24, 2.45) is 0 Å². The van der Waals surface area contributed by atoms with Crippen LogP contribution in [0.2, 0.25) is 0 Å². The maximum Gasteiger partial charge on any atom is 0.271 e. The fourth-order valence-corrected chi connectivity index (χ4v) is 5.33. The van der Waals surface area contributed by atoms with Crippen LogP contribution in [0.25, 0.3) is 11.4 Å². The van der Waals surface area contributed by atoms with Crippen LogP contribution in [0.1, 0.15) is 58.8 Å². The second-order valence-electron chi connectivity index (χ2n) is 9.76. The van der Waals surface area contributed by atoms with E-state index in [1.165, 1.54) is 16.7 Å². The van der Waals surface area contributed by atoms with Gasteiger partial charge in [0.25, 0.3) is 11.5 Å². The van der Waals surface area contributed by atoms with Crippen molar-refractivity contribution in [1.82, 2.24) is 14.5 Å². The number of likely N-dealkylation sites (tertiary alicyclic amines) is 1. The van der Waals surface area contributed by atoms with E-state index in [-0.39, 0.29) is 23.1 Å². The molecule has 0 spiro atoms. The van der Waals surface area contributed by atoms with E-state index >= 15 is 0 Å². The molecule has 1 N–H and O–H groups in total. The zero-order valence-electron chi connectivity index (χ0n) is 21.5. The Morgan fingerprint density at radius 3 is 2.42 bits per heavy atom. The fraction of sp³-hybridized carbons (Fsp3) is 0.258. The van der Waals surface area contributed by atoms with Gasteiger partial charge in [-0.05, 0) is 54.7 Å². The van der Waals surface area contributed by atoms with Crippen LogP contribution in [0.4, 0.5) is 4.39 Å². The molecule has 1 saturated heterocycles. The average Bonchev–Trinajstić information content (AvgIpc) is 3.43. The third-order valence-electron chi connectivity index (χ3n) is 7.36. The summed E-state index contributed by atoms with van der Waals surface area (Å²) in [5.74, 6) is -1.18. The summed E-state index contributed by atoms with van der Waals surface area (Å²) in [5.41, 5.74) is 1.93. The van der Waals surface area contributed by atoms with Crippen LogP contribution in [0.3, 0.4) is 0 Å². The van der Waals surface area contributed by atoms with Crippen LogP contribution in [0, 0.1) is 12.7 Å². The number of rotatable bonds is 6. The molecule has 1 amide bonds. The number of aromatic nitrogens is 2. The summed E-state index contributed by atoms with van der Waals surface area (Å²) in [6, 6.07) is 23.5. The maximum atomic E-state index is 14.1. The summed E-state index contributed by atoms with van der Waals surface area (Å²) in [7, 11) is 0. The molecule has 4 aromatic rings. The van der Waals surface area contributed by atoms with E-state index in [2.05, 4.69) is 4.98 Å². The molecule has 0 unspecified atom stereocenters. The van der Waals surface area contributed by atoms with Crippen molar-refractivity contribution in [3.8, 4) is 17.3 Å². The van der Waals surface area contributed by atoms with Crippen molar-refractivity contribution >= 4 is 5.91 Å². The molecular formula is C31H30FN3O3. The molecule has 7 heteroatoms. The summed E-state index contributed by atoms with van der Waals surface area (Å²) >= 11 is 0. The highest BCUT2D eigenvalue weighted by Crippen LogP contribution is 2.32. The highest BCUT2D eigenvalue weighted by molar-refractivity contribution is 5.96. The number of carbonyl (C=O) groups excluding carboxylic acids is 1. The minimum absolute atomic E-state index is 0.159. The van der Waals surface area contributed by atoms with Crippen LogP contribution in [-0.4, -0.2) is 38.6 Å². The van der Waals surface area contributed by atoms with Crippen LogP contribution >= 0.6 is 0 Å². The molecule has 2 heterocycles. The number of hydrogen-bond acceptors (Lipinski definition) is 4. The topological polar surface area (TPSA) is 75.4 Å². The van der Waals surface area contributed by atoms with Gasteiger partial charge in [-0.1, -0.05) is 67.6 Å². The van der Waals surface area contributed by atoms with Gasteiger partial charge < -0.3 is 10.0 Å². The molecule has 1 fully saturated rings. The lowest BCUT2D eigenvalue weighted by atomic mass is 9.99. The van der Waals surface area contributed by atoms with Gasteiger partial charge in [-0.15, -0.1) is 0 Å². The largest absolute Gasteiger partial charge is 0.493 e. The fourth-order valence-electron chi connectivity index (χ4n) is 5.33. The molecule has 6 nitrogen and oxygen atoms in total. The van der Waals surface area contributed by atoms with Crippen molar-refractivity contribution < 1.29 is 14.3 Å². The summed E-state index contributed by atoms with van der Waals surface area (Å²) in [6.07, 6.45) is 1.31. The first-order valence-electron chi connectivity index (χ1n) is 12.9. The number of benzene rings is 3. The first-order chi connectivity index (χ1) is 18.4. The predicted octanol–water partition coefficient (Wildman–Crippen LogP) is 5.69. The highest BCUT2D eigenvalue weighted by Gasteiger charge is 2.33. The van der Waals surface area contributed by atoms with Crippen LogP contribution in [0.15, 0.2) is 83.7 Å². The van der Waals surface area contributed by atoms with Crippen molar-refractivity contribution in [3.63, 3.8) is 0 Å². The normalized spacial score (nSPS) is 16.0. The molecule has 38 heavy (non-hydrogen) atoms. The van der Waals surface area contributed by atoms with Gasteiger partial charge in [0, 0.05) is 24.6 Å². The summed E-state index contributed by atoms with van der Waals surface area (Å²) in [6.45, 7) is 4.51. The average molecular weight is 512 g/mol. The van der Waals surface area contributed by atoms with Crippen molar-refractivity contribution in [2.75, 3.05) is 13.1 Å². The monoisotopic (exact) mass is 511 g/mol. The SMILES string of the molecule is CC[C@@H](c1ccccc1)n1c(-c2ccc(F)c(C)c2)nc(O)c(C(=O)N2CC[C@H](c3ccccc3)C2)c1=O. The van der Waals surface area contributed by atoms with Gasteiger partial charge in [0.05, 0.1) is 6.04 Å². The van der Waals surface area contributed by atoms with Gasteiger partial charge >= 0.3 is 0 Å². The molecule has 0 saturated carbocycles. The third-order valence-corrected chi connectivity index (χ3v) is 7.36. The summed E-state index contributed by atoms with van der Waals surface area (Å²) in [5, 5.41) is 11.0. The Morgan fingerprint density at radius 2 is 1.76 bits per heavy atom. The Kier molecular flexibility index (Phi) is 7.09. The van der Waals surface area contributed by atoms with Crippen LogP contribution < -0.4 is 5.56 Å². The van der Waals surface area contributed by atoms with E-state index in [9.17, 15) is 19.1 Å². The lowest BCUT2D eigenvalue weighted by Gasteiger charge is -2.24. The van der Waals surface area contributed by atoms with Crippen LogP contribution in [0.5, 0.6) is 5.88 Å². The molecule has 0 bridgehead atoms. The standard InChI is InChI=1S/C31H30FN3O3/c1-3-26(22-12-8-5-9-13-22)35-28(23-14-15-25(32)20(2)18-23)33-29(36)27(31(35)38)30(37)34-17-16-24(19-34)21-10-6-4-7-11-21/h4-15,18,24,26,36H,3,16-17,19H2,1-2H3/t24-,26-/m0/s1. The zero-order valence-corrected chi connectivity index (χ0v) is 21.5. The minimum atomic E-state index is -0.613.